The van der Waals surface area contributed by atoms with Crippen molar-refractivity contribution in [3.05, 3.63) is 50.9 Å². The van der Waals surface area contributed by atoms with Gasteiger partial charge in [0.1, 0.15) is 5.01 Å². The maximum absolute atomic E-state index is 13.5. The average molecular weight is 440 g/mol. The Kier molecular flexibility index (Phi) is 7.02. The largest absolute Gasteiger partial charge is 0.339 e. The lowest BCUT2D eigenvalue weighted by Crippen LogP contribution is -2.53. The molecule has 1 amide bonds. The molecule has 2 fully saturated rings. The van der Waals surface area contributed by atoms with Crippen LogP contribution in [0.4, 0.5) is 0 Å². The number of halogens is 2. The number of benzene rings is 1. The van der Waals surface area contributed by atoms with Crippen LogP contribution in [0.3, 0.4) is 0 Å². The fourth-order valence-corrected chi connectivity index (χ4v) is 5.39. The SMILES string of the molecule is Cc1csc(CN2CCN(C(=O)C3(c4ccc(Cl)cc4)CCCC3)CC2)n1.Cl. The molecule has 1 saturated carbocycles. The molecule has 1 aromatic carbocycles. The van der Waals surface area contributed by atoms with E-state index in [4.69, 9.17) is 11.6 Å². The van der Waals surface area contributed by atoms with E-state index in [1.165, 1.54) is 5.01 Å². The topological polar surface area (TPSA) is 36.4 Å². The van der Waals surface area contributed by atoms with Crippen LogP contribution >= 0.6 is 35.3 Å². The number of aryl methyl sites for hydroxylation is 1. The molecule has 1 aliphatic carbocycles. The molecule has 0 spiro atoms. The molecule has 0 bridgehead atoms. The van der Waals surface area contributed by atoms with Gasteiger partial charge in [0.05, 0.1) is 12.0 Å². The average Bonchev–Trinajstić information content (AvgIpc) is 3.32. The Morgan fingerprint density at radius 2 is 1.79 bits per heavy atom. The second-order valence-electron chi connectivity index (χ2n) is 7.75. The molecule has 0 unspecified atom stereocenters. The summed E-state index contributed by atoms with van der Waals surface area (Å²) < 4.78 is 0. The van der Waals surface area contributed by atoms with Crippen molar-refractivity contribution in [1.29, 1.82) is 0 Å². The first-order valence-electron chi connectivity index (χ1n) is 9.76. The highest BCUT2D eigenvalue weighted by Crippen LogP contribution is 2.43. The van der Waals surface area contributed by atoms with Gasteiger partial charge in [-0.2, -0.15) is 0 Å². The number of hydrogen-bond acceptors (Lipinski definition) is 4. The van der Waals surface area contributed by atoms with Gasteiger partial charge in [-0.1, -0.05) is 36.6 Å². The summed E-state index contributed by atoms with van der Waals surface area (Å²) in [5.41, 5.74) is 1.88. The standard InChI is InChI=1S/C21H26ClN3OS.ClH/c1-16-15-27-19(23-16)14-24-10-12-25(13-11-24)20(26)21(8-2-3-9-21)17-4-6-18(22)7-5-17;/h4-7,15H,2-3,8-14H2,1H3;1H. The van der Waals surface area contributed by atoms with E-state index < -0.39 is 0 Å². The fraction of sp³-hybridized carbons (Fsp3) is 0.524. The molecule has 152 valence electrons. The predicted octanol–water partition coefficient (Wildman–Crippen LogP) is 4.68. The van der Waals surface area contributed by atoms with Crippen molar-refractivity contribution >= 4 is 41.3 Å². The summed E-state index contributed by atoms with van der Waals surface area (Å²) in [6.07, 6.45) is 4.15. The maximum Gasteiger partial charge on any atom is 0.233 e. The predicted molar refractivity (Wildman–Crippen MR) is 118 cm³/mol. The van der Waals surface area contributed by atoms with Crippen molar-refractivity contribution < 1.29 is 4.79 Å². The van der Waals surface area contributed by atoms with Crippen molar-refractivity contribution in [3.63, 3.8) is 0 Å². The van der Waals surface area contributed by atoms with Crippen molar-refractivity contribution in [2.24, 2.45) is 0 Å². The van der Waals surface area contributed by atoms with E-state index in [2.05, 4.69) is 20.2 Å². The number of aromatic nitrogens is 1. The summed E-state index contributed by atoms with van der Waals surface area (Å²) in [6.45, 7) is 6.37. The van der Waals surface area contributed by atoms with Crippen LogP contribution in [-0.4, -0.2) is 46.9 Å². The number of nitrogens with zero attached hydrogens (tertiary/aromatic N) is 3. The molecule has 0 atom stereocenters. The number of carbonyl (C=O) groups excluding carboxylic acids is 1. The van der Waals surface area contributed by atoms with E-state index in [9.17, 15) is 4.79 Å². The molecule has 1 aliphatic heterocycles. The van der Waals surface area contributed by atoms with E-state index in [0.29, 0.717) is 5.91 Å². The van der Waals surface area contributed by atoms with Gasteiger partial charge in [0, 0.05) is 42.3 Å². The lowest BCUT2D eigenvalue weighted by Gasteiger charge is -2.40. The molecule has 2 aliphatic rings. The zero-order valence-electron chi connectivity index (χ0n) is 16.2. The lowest BCUT2D eigenvalue weighted by molar-refractivity contribution is -0.139. The normalized spacial score (nSPS) is 19.4. The molecular formula is C21H27Cl2N3OS. The first-order chi connectivity index (χ1) is 13.1. The van der Waals surface area contributed by atoms with E-state index >= 15 is 0 Å². The molecule has 2 aromatic rings. The first-order valence-corrected chi connectivity index (χ1v) is 11.0. The smallest absolute Gasteiger partial charge is 0.233 e. The Labute approximate surface area is 182 Å². The number of rotatable bonds is 4. The summed E-state index contributed by atoms with van der Waals surface area (Å²) in [4.78, 5) is 22.6. The summed E-state index contributed by atoms with van der Waals surface area (Å²) in [5.74, 6) is 0.312. The lowest BCUT2D eigenvalue weighted by atomic mass is 9.77. The van der Waals surface area contributed by atoms with Crippen LogP contribution in [0.25, 0.3) is 0 Å². The fourth-order valence-electron chi connectivity index (χ4n) is 4.45. The Hall–Kier alpha value is -1.14. The molecular weight excluding hydrogens is 413 g/mol. The molecule has 0 radical (unpaired) electrons. The number of thiazole rings is 1. The molecule has 1 saturated heterocycles. The zero-order chi connectivity index (χ0) is 18.9. The van der Waals surface area contributed by atoms with E-state index in [0.717, 1.165) is 74.7 Å². The quantitative estimate of drug-likeness (QED) is 0.693. The van der Waals surface area contributed by atoms with Crippen LogP contribution < -0.4 is 0 Å². The number of carbonyl (C=O) groups is 1. The second kappa shape index (κ2) is 9.12. The molecule has 7 heteroatoms. The molecule has 4 rings (SSSR count). The van der Waals surface area contributed by atoms with Crippen LogP contribution in [0.1, 0.15) is 41.9 Å². The van der Waals surface area contributed by atoms with Gasteiger partial charge in [-0.15, -0.1) is 23.7 Å². The highest BCUT2D eigenvalue weighted by atomic mass is 35.5. The first kappa shape index (κ1) is 21.6. The van der Waals surface area contributed by atoms with E-state index in [1.54, 1.807) is 11.3 Å². The van der Waals surface area contributed by atoms with Gasteiger partial charge in [0.25, 0.3) is 0 Å². The van der Waals surface area contributed by atoms with Gasteiger partial charge in [-0.05, 0) is 37.5 Å². The Bertz CT molecular complexity index is 794. The van der Waals surface area contributed by atoms with Gasteiger partial charge < -0.3 is 4.90 Å². The minimum absolute atomic E-state index is 0. The number of amides is 1. The van der Waals surface area contributed by atoms with Gasteiger partial charge in [-0.3, -0.25) is 9.69 Å². The molecule has 2 heterocycles. The maximum atomic E-state index is 13.5. The van der Waals surface area contributed by atoms with Crippen molar-refractivity contribution in [3.8, 4) is 0 Å². The van der Waals surface area contributed by atoms with Crippen LogP contribution in [0.5, 0.6) is 0 Å². The van der Waals surface area contributed by atoms with Crippen LogP contribution in [0.2, 0.25) is 5.02 Å². The van der Waals surface area contributed by atoms with Gasteiger partial charge >= 0.3 is 0 Å². The Morgan fingerprint density at radius 1 is 1.14 bits per heavy atom. The number of hydrogen-bond donors (Lipinski definition) is 0. The molecule has 0 N–H and O–H groups in total. The third kappa shape index (κ3) is 4.38. The minimum Gasteiger partial charge on any atom is -0.339 e. The van der Waals surface area contributed by atoms with Crippen LogP contribution in [-0.2, 0) is 16.8 Å². The van der Waals surface area contributed by atoms with Gasteiger partial charge in [-0.25, -0.2) is 4.98 Å². The monoisotopic (exact) mass is 439 g/mol. The highest BCUT2D eigenvalue weighted by Gasteiger charge is 2.45. The highest BCUT2D eigenvalue weighted by molar-refractivity contribution is 7.09. The zero-order valence-corrected chi connectivity index (χ0v) is 18.6. The summed E-state index contributed by atoms with van der Waals surface area (Å²) in [6, 6.07) is 7.93. The molecule has 4 nitrogen and oxygen atoms in total. The Morgan fingerprint density at radius 3 is 2.36 bits per heavy atom. The second-order valence-corrected chi connectivity index (χ2v) is 9.13. The molecule has 28 heavy (non-hydrogen) atoms. The van der Waals surface area contributed by atoms with Gasteiger partial charge in [0.15, 0.2) is 0 Å². The number of piperazine rings is 1. The van der Waals surface area contributed by atoms with Crippen molar-refractivity contribution in [1.82, 2.24) is 14.8 Å². The third-order valence-electron chi connectivity index (χ3n) is 5.95. The molecule has 1 aromatic heterocycles. The van der Waals surface area contributed by atoms with Gasteiger partial charge in [0.2, 0.25) is 5.91 Å². The summed E-state index contributed by atoms with van der Waals surface area (Å²) in [7, 11) is 0. The summed E-state index contributed by atoms with van der Waals surface area (Å²) >= 11 is 7.80. The van der Waals surface area contributed by atoms with Crippen molar-refractivity contribution in [2.45, 2.75) is 44.6 Å². The van der Waals surface area contributed by atoms with Crippen molar-refractivity contribution in [2.75, 3.05) is 26.2 Å². The third-order valence-corrected chi connectivity index (χ3v) is 7.15. The van der Waals surface area contributed by atoms with E-state index in [-0.39, 0.29) is 17.8 Å². The Balaban J connectivity index is 0.00000225. The minimum atomic E-state index is -0.348. The van der Waals surface area contributed by atoms with Crippen LogP contribution in [0, 0.1) is 6.92 Å². The van der Waals surface area contributed by atoms with Crippen LogP contribution in [0.15, 0.2) is 29.6 Å². The van der Waals surface area contributed by atoms with E-state index in [1.807, 2.05) is 31.2 Å². The summed E-state index contributed by atoms with van der Waals surface area (Å²) in [5, 5.41) is 4.00.